The van der Waals surface area contributed by atoms with Gasteiger partial charge in [-0.1, -0.05) is 78.5 Å². The highest BCUT2D eigenvalue weighted by atomic mass is 32.2. The third-order valence-corrected chi connectivity index (χ3v) is 6.01. The number of alkyl halides is 3. The average molecular weight is 505 g/mol. The van der Waals surface area contributed by atoms with E-state index in [2.05, 4.69) is 52.7 Å². The normalized spacial score (nSPS) is 11.1. The second-order valence-electron chi connectivity index (χ2n) is 6.57. The standard InChI is InChI=1S/C13H9F3O4S.C12H10S/c14-13(15,16)21(17,18)20-12-9-5-4-8-11(12)19-10-6-2-1-3-7-10;1-3-7-11(8-4-1)13-12-9-5-2-6-10-12/h1-9H;1-10H. The van der Waals surface area contributed by atoms with Crippen LogP contribution in [0, 0.1) is 0 Å². The quantitative estimate of drug-likeness (QED) is 0.201. The van der Waals surface area contributed by atoms with Gasteiger partial charge in [-0.05, 0) is 48.5 Å². The van der Waals surface area contributed by atoms with Crippen LogP contribution in [0.4, 0.5) is 13.2 Å². The Morgan fingerprint density at radius 2 is 1.00 bits per heavy atom. The summed E-state index contributed by atoms with van der Waals surface area (Å²) in [5.41, 5.74) is -5.51. The van der Waals surface area contributed by atoms with Crippen LogP contribution in [0.5, 0.6) is 17.2 Å². The van der Waals surface area contributed by atoms with E-state index in [-0.39, 0.29) is 5.75 Å². The monoisotopic (exact) mass is 504 g/mol. The molecule has 0 amide bonds. The average Bonchev–Trinajstić information content (AvgIpc) is 2.82. The van der Waals surface area contributed by atoms with Crippen molar-refractivity contribution in [3.8, 4) is 17.2 Å². The number of rotatable bonds is 6. The van der Waals surface area contributed by atoms with Crippen LogP contribution in [0.2, 0.25) is 0 Å². The van der Waals surface area contributed by atoms with Crippen molar-refractivity contribution in [2.75, 3.05) is 0 Å². The van der Waals surface area contributed by atoms with E-state index in [1.54, 1.807) is 42.1 Å². The smallest absolute Gasteiger partial charge is 0.453 e. The first-order valence-corrected chi connectivity index (χ1v) is 12.1. The van der Waals surface area contributed by atoms with E-state index in [0.29, 0.717) is 5.75 Å². The van der Waals surface area contributed by atoms with Crippen molar-refractivity contribution in [3.05, 3.63) is 115 Å². The van der Waals surface area contributed by atoms with Gasteiger partial charge in [0.05, 0.1) is 0 Å². The van der Waals surface area contributed by atoms with Crippen molar-refractivity contribution in [2.45, 2.75) is 15.3 Å². The Hall–Kier alpha value is -3.43. The molecule has 0 heterocycles. The van der Waals surface area contributed by atoms with Gasteiger partial charge >= 0.3 is 15.6 Å². The summed E-state index contributed by atoms with van der Waals surface area (Å²) in [7, 11) is -5.75. The van der Waals surface area contributed by atoms with Gasteiger partial charge in [0.15, 0.2) is 11.5 Å². The van der Waals surface area contributed by atoms with E-state index in [9.17, 15) is 21.6 Å². The number of halogens is 3. The first kappa shape index (κ1) is 25.2. The third-order valence-electron chi connectivity index (χ3n) is 4.03. The minimum absolute atomic E-state index is 0.142. The third kappa shape index (κ3) is 7.57. The molecule has 4 nitrogen and oxygen atoms in total. The highest BCUT2D eigenvalue weighted by Crippen LogP contribution is 2.35. The topological polar surface area (TPSA) is 52.6 Å². The molecule has 4 rings (SSSR count). The van der Waals surface area contributed by atoms with Crippen LogP contribution in [-0.4, -0.2) is 13.9 Å². The molecule has 0 bridgehead atoms. The lowest BCUT2D eigenvalue weighted by Crippen LogP contribution is -2.28. The first-order valence-electron chi connectivity index (χ1n) is 9.85. The summed E-state index contributed by atoms with van der Waals surface area (Å²) < 4.78 is 68.4. The summed E-state index contributed by atoms with van der Waals surface area (Å²) in [6.45, 7) is 0. The fourth-order valence-corrected chi connectivity index (χ4v) is 3.82. The molecule has 34 heavy (non-hydrogen) atoms. The maximum atomic E-state index is 12.3. The predicted octanol–water partition coefficient (Wildman–Crippen LogP) is 7.55. The first-order chi connectivity index (χ1) is 16.2. The zero-order valence-corrected chi connectivity index (χ0v) is 19.2. The Labute approximate surface area is 200 Å². The van der Waals surface area contributed by atoms with Crippen LogP contribution in [0.25, 0.3) is 0 Å². The Bertz CT molecular complexity index is 1230. The van der Waals surface area contributed by atoms with Crippen molar-refractivity contribution < 1.29 is 30.5 Å². The zero-order chi connectivity index (χ0) is 24.4. The molecule has 0 aliphatic carbocycles. The van der Waals surface area contributed by atoms with E-state index in [4.69, 9.17) is 4.74 Å². The fraction of sp³-hybridized carbons (Fsp3) is 0.0400. The van der Waals surface area contributed by atoms with E-state index < -0.39 is 21.4 Å². The summed E-state index contributed by atoms with van der Waals surface area (Å²) in [4.78, 5) is 2.57. The Morgan fingerprint density at radius 3 is 1.47 bits per heavy atom. The highest BCUT2D eigenvalue weighted by molar-refractivity contribution is 7.99. The van der Waals surface area contributed by atoms with Gasteiger partial charge in [0.25, 0.3) is 0 Å². The molecule has 0 spiro atoms. The number of hydrogen-bond donors (Lipinski definition) is 0. The zero-order valence-electron chi connectivity index (χ0n) is 17.6. The summed E-state index contributed by atoms with van der Waals surface area (Å²) in [5.74, 6) is -0.354. The molecular formula is C25H19F3O4S2. The SMILES string of the molecule is O=S(=O)(Oc1ccccc1Oc1ccccc1)C(F)(F)F.c1ccc(Sc2ccccc2)cc1. The van der Waals surface area contributed by atoms with Crippen LogP contribution in [-0.2, 0) is 10.1 Å². The van der Waals surface area contributed by atoms with E-state index in [0.717, 1.165) is 6.07 Å². The minimum atomic E-state index is -5.75. The molecule has 0 aromatic heterocycles. The summed E-state index contributed by atoms with van der Waals surface area (Å²) in [5, 5.41) is 0. The van der Waals surface area contributed by atoms with E-state index in [1.807, 2.05) is 12.1 Å². The molecule has 176 valence electrons. The lowest BCUT2D eigenvalue weighted by Gasteiger charge is -2.13. The number of para-hydroxylation sites is 3. The van der Waals surface area contributed by atoms with Crippen LogP contribution < -0.4 is 8.92 Å². The fourth-order valence-electron chi connectivity index (χ4n) is 2.50. The largest absolute Gasteiger partial charge is 0.534 e. The van der Waals surface area contributed by atoms with Gasteiger partial charge in [0.1, 0.15) is 5.75 Å². The van der Waals surface area contributed by atoms with Gasteiger partial charge in [-0.2, -0.15) is 21.6 Å². The van der Waals surface area contributed by atoms with Crippen molar-refractivity contribution in [1.82, 2.24) is 0 Å². The summed E-state index contributed by atoms with van der Waals surface area (Å²) in [6.07, 6.45) is 0. The van der Waals surface area contributed by atoms with Gasteiger partial charge < -0.3 is 8.92 Å². The van der Waals surface area contributed by atoms with Crippen LogP contribution in [0.1, 0.15) is 0 Å². The molecule has 0 N–H and O–H groups in total. The minimum Gasteiger partial charge on any atom is -0.453 e. The predicted molar refractivity (Wildman–Crippen MR) is 126 cm³/mol. The second-order valence-corrected chi connectivity index (χ2v) is 9.26. The summed E-state index contributed by atoms with van der Waals surface area (Å²) >= 11 is 1.79. The molecule has 0 saturated carbocycles. The molecule has 9 heteroatoms. The lowest BCUT2D eigenvalue weighted by atomic mass is 10.3. The number of benzene rings is 4. The van der Waals surface area contributed by atoms with Crippen molar-refractivity contribution >= 4 is 21.9 Å². The highest BCUT2D eigenvalue weighted by Gasteiger charge is 2.48. The van der Waals surface area contributed by atoms with Gasteiger partial charge in [-0.15, -0.1) is 0 Å². The molecule has 0 unspecified atom stereocenters. The van der Waals surface area contributed by atoms with Crippen LogP contribution >= 0.6 is 11.8 Å². The van der Waals surface area contributed by atoms with Gasteiger partial charge in [-0.25, -0.2) is 0 Å². The van der Waals surface area contributed by atoms with E-state index in [1.165, 1.54) is 28.0 Å². The van der Waals surface area contributed by atoms with E-state index >= 15 is 0 Å². The second kappa shape index (κ2) is 11.6. The molecule has 0 atom stereocenters. The molecule has 0 aliphatic rings. The molecule has 0 aliphatic heterocycles. The van der Waals surface area contributed by atoms with Gasteiger partial charge in [-0.3, -0.25) is 0 Å². The molecular weight excluding hydrogens is 485 g/mol. The molecule has 4 aromatic carbocycles. The summed E-state index contributed by atoms with van der Waals surface area (Å²) in [6, 6.07) is 34.2. The van der Waals surface area contributed by atoms with Crippen molar-refractivity contribution in [1.29, 1.82) is 0 Å². The van der Waals surface area contributed by atoms with Crippen molar-refractivity contribution in [2.24, 2.45) is 0 Å². The van der Waals surface area contributed by atoms with Crippen LogP contribution in [0.3, 0.4) is 0 Å². The van der Waals surface area contributed by atoms with Gasteiger partial charge in [0.2, 0.25) is 0 Å². The van der Waals surface area contributed by atoms with Gasteiger partial charge in [0, 0.05) is 9.79 Å². The number of hydrogen-bond acceptors (Lipinski definition) is 5. The van der Waals surface area contributed by atoms with Crippen LogP contribution in [0.15, 0.2) is 125 Å². The number of ether oxygens (including phenoxy) is 1. The lowest BCUT2D eigenvalue weighted by molar-refractivity contribution is -0.0500. The molecule has 0 saturated heterocycles. The maximum Gasteiger partial charge on any atom is 0.534 e. The Balaban J connectivity index is 0.000000212. The Kier molecular flexibility index (Phi) is 8.61. The molecule has 4 aromatic rings. The Morgan fingerprint density at radius 1 is 0.588 bits per heavy atom. The maximum absolute atomic E-state index is 12.3. The van der Waals surface area contributed by atoms with Crippen molar-refractivity contribution in [3.63, 3.8) is 0 Å². The molecule has 0 radical (unpaired) electrons. The molecule has 0 fully saturated rings.